The van der Waals surface area contributed by atoms with Gasteiger partial charge in [-0.25, -0.2) is 0 Å². The molecule has 0 spiro atoms. The van der Waals surface area contributed by atoms with Gasteiger partial charge >= 0.3 is 0 Å². The summed E-state index contributed by atoms with van der Waals surface area (Å²) in [5.41, 5.74) is 1.10. The van der Waals surface area contributed by atoms with Crippen LogP contribution in [0.2, 0.25) is 5.02 Å². The van der Waals surface area contributed by atoms with E-state index in [1.54, 1.807) is 31.4 Å². The molecule has 2 aromatic carbocycles. The van der Waals surface area contributed by atoms with Crippen LogP contribution in [0, 0.1) is 0 Å². The molecule has 0 radical (unpaired) electrons. The lowest BCUT2D eigenvalue weighted by Gasteiger charge is -1.97. The van der Waals surface area contributed by atoms with Gasteiger partial charge in [0, 0.05) is 11.1 Å². The Morgan fingerprint density at radius 3 is 2.25 bits per heavy atom. The molecule has 0 aromatic heterocycles. The largest absolute Gasteiger partial charge is 0.506 e. The smallest absolute Gasteiger partial charge is 0.150 e. The minimum Gasteiger partial charge on any atom is -0.506 e. The minimum absolute atomic E-state index is 0.00716. The lowest BCUT2D eigenvalue weighted by molar-refractivity contribution is 0.111. The summed E-state index contributed by atoms with van der Waals surface area (Å²) in [5.74, 6) is 0.705. The molecule has 4 nitrogen and oxygen atoms in total. The Morgan fingerprint density at radius 2 is 1.70 bits per heavy atom. The number of aromatic hydroxyl groups is 1. The van der Waals surface area contributed by atoms with Crippen LogP contribution in [0.3, 0.4) is 0 Å². The van der Waals surface area contributed by atoms with E-state index in [9.17, 15) is 9.59 Å². The molecule has 2 rings (SSSR count). The summed E-state index contributed by atoms with van der Waals surface area (Å²) in [5, 5.41) is 9.09. The van der Waals surface area contributed by atoms with E-state index in [2.05, 4.69) is 0 Å². The summed E-state index contributed by atoms with van der Waals surface area (Å²) in [4.78, 5) is 20.3. The first-order valence-electron chi connectivity index (χ1n) is 5.63. The number of phenols is 1. The summed E-state index contributed by atoms with van der Waals surface area (Å²) in [7, 11) is 1.57. The molecular formula is C15H13ClO4. The zero-order valence-corrected chi connectivity index (χ0v) is 11.5. The fourth-order valence-electron chi connectivity index (χ4n) is 1.31. The Hall–Kier alpha value is -2.33. The van der Waals surface area contributed by atoms with E-state index in [1.165, 1.54) is 18.2 Å². The average Bonchev–Trinajstić information content (AvgIpc) is 2.50. The molecule has 1 N–H and O–H groups in total. The van der Waals surface area contributed by atoms with Crippen molar-refractivity contribution in [3.05, 3.63) is 58.6 Å². The summed E-state index contributed by atoms with van der Waals surface area (Å²) < 4.78 is 4.90. The molecule has 5 heteroatoms. The maximum atomic E-state index is 10.2. The first-order valence-corrected chi connectivity index (χ1v) is 6.01. The lowest BCUT2D eigenvalue weighted by atomic mass is 10.2. The van der Waals surface area contributed by atoms with Crippen LogP contribution in [-0.4, -0.2) is 24.8 Å². The van der Waals surface area contributed by atoms with Crippen molar-refractivity contribution in [1.82, 2.24) is 0 Å². The third-order valence-corrected chi connectivity index (χ3v) is 2.64. The van der Waals surface area contributed by atoms with Crippen molar-refractivity contribution in [2.24, 2.45) is 0 Å². The number of carbonyl (C=O) groups excluding carboxylic acids is 2. The molecule has 20 heavy (non-hydrogen) atoms. The van der Waals surface area contributed by atoms with E-state index in [0.717, 1.165) is 6.29 Å². The molecule has 0 aliphatic heterocycles. The Bertz CT molecular complexity index is 596. The molecular weight excluding hydrogens is 280 g/mol. The van der Waals surface area contributed by atoms with E-state index in [-0.39, 0.29) is 10.8 Å². The molecule has 0 atom stereocenters. The SMILES string of the molecule is COc1cccc(C=O)c1.O=Cc1ccc(O)c(Cl)c1. The quantitative estimate of drug-likeness (QED) is 0.881. The van der Waals surface area contributed by atoms with Crippen LogP contribution in [0.1, 0.15) is 20.7 Å². The summed E-state index contributed by atoms with van der Waals surface area (Å²) in [6, 6.07) is 11.3. The zero-order valence-electron chi connectivity index (χ0n) is 10.7. The van der Waals surface area contributed by atoms with Crippen molar-refractivity contribution in [3.63, 3.8) is 0 Å². The van der Waals surface area contributed by atoms with Gasteiger partial charge in [-0.1, -0.05) is 23.7 Å². The third-order valence-electron chi connectivity index (χ3n) is 2.34. The van der Waals surface area contributed by atoms with Gasteiger partial charge in [0.15, 0.2) is 0 Å². The van der Waals surface area contributed by atoms with Crippen molar-refractivity contribution in [2.45, 2.75) is 0 Å². The fraction of sp³-hybridized carbons (Fsp3) is 0.0667. The molecule has 0 amide bonds. The van der Waals surface area contributed by atoms with Gasteiger partial charge in [0.05, 0.1) is 12.1 Å². The topological polar surface area (TPSA) is 63.6 Å². The molecule has 0 aliphatic rings. The Balaban J connectivity index is 0.000000200. The number of hydrogen-bond donors (Lipinski definition) is 1. The van der Waals surface area contributed by atoms with Crippen LogP contribution in [-0.2, 0) is 0 Å². The summed E-state index contributed by atoms with van der Waals surface area (Å²) in [6.45, 7) is 0. The van der Waals surface area contributed by atoms with Gasteiger partial charge in [-0.15, -0.1) is 0 Å². The van der Waals surface area contributed by atoms with Gasteiger partial charge in [-0.3, -0.25) is 9.59 Å². The predicted molar refractivity (Wildman–Crippen MR) is 76.9 cm³/mol. The highest BCUT2D eigenvalue weighted by molar-refractivity contribution is 6.32. The second kappa shape index (κ2) is 7.96. The van der Waals surface area contributed by atoms with Gasteiger partial charge in [0.25, 0.3) is 0 Å². The zero-order chi connectivity index (χ0) is 15.0. The van der Waals surface area contributed by atoms with E-state index >= 15 is 0 Å². The molecule has 104 valence electrons. The van der Waals surface area contributed by atoms with Gasteiger partial charge in [-0.2, -0.15) is 0 Å². The van der Waals surface area contributed by atoms with Crippen LogP contribution in [0.5, 0.6) is 11.5 Å². The molecule has 0 fully saturated rings. The van der Waals surface area contributed by atoms with Crippen molar-refractivity contribution in [3.8, 4) is 11.5 Å². The predicted octanol–water partition coefficient (Wildman–Crippen LogP) is 3.37. The van der Waals surface area contributed by atoms with Crippen LogP contribution >= 0.6 is 11.6 Å². The number of aldehydes is 2. The molecule has 0 unspecified atom stereocenters. The molecule has 0 bridgehead atoms. The Labute approximate surface area is 121 Å². The second-order valence-corrected chi connectivity index (χ2v) is 4.13. The van der Waals surface area contributed by atoms with Gasteiger partial charge in [0.2, 0.25) is 0 Å². The first-order chi connectivity index (χ1) is 9.60. The minimum atomic E-state index is -0.00716. The van der Waals surface area contributed by atoms with Crippen LogP contribution in [0.15, 0.2) is 42.5 Å². The number of benzene rings is 2. The normalized spacial score (nSPS) is 9.10. The van der Waals surface area contributed by atoms with Crippen LogP contribution < -0.4 is 4.74 Å². The third kappa shape index (κ3) is 4.74. The highest BCUT2D eigenvalue weighted by Crippen LogP contribution is 2.22. The van der Waals surface area contributed by atoms with Crippen LogP contribution in [0.4, 0.5) is 0 Å². The number of phenolic OH excluding ortho intramolecular Hbond substituents is 1. The average molecular weight is 293 g/mol. The van der Waals surface area contributed by atoms with Crippen molar-refractivity contribution >= 4 is 24.2 Å². The van der Waals surface area contributed by atoms with Crippen molar-refractivity contribution in [1.29, 1.82) is 0 Å². The highest BCUT2D eigenvalue weighted by atomic mass is 35.5. The standard InChI is InChI=1S/C8H8O2.C7H5ClO2/c1-10-8-4-2-3-7(5-8)6-9;8-6-3-5(4-9)1-2-7(6)10/h2-6H,1H3;1-4,10H. The van der Waals surface area contributed by atoms with E-state index in [1.807, 2.05) is 0 Å². The summed E-state index contributed by atoms with van der Waals surface area (Å²) >= 11 is 5.48. The molecule has 2 aromatic rings. The maximum absolute atomic E-state index is 10.2. The molecule has 0 saturated carbocycles. The van der Waals surface area contributed by atoms with Gasteiger partial charge in [-0.05, 0) is 30.3 Å². The summed E-state index contributed by atoms with van der Waals surface area (Å²) in [6.07, 6.45) is 1.47. The number of hydrogen-bond acceptors (Lipinski definition) is 4. The van der Waals surface area contributed by atoms with Gasteiger partial charge in [0.1, 0.15) is 24.1 Å². The van der Waals surface area contributed by atoms with Crippen LogP contribution in [0.25, 0.3) is 0 Å². The number of ether oxygens (including phenoxy) is 1. The van der Waals surface area contributed by atoms with Gasteiger partial charge < -0.3 is 9.84 Å². The second-order valence-electron chi connectivity index (χ2n) is 3.72. The van der Waals surface area contributed by atoms with Crippen molar-refractivity contribution < 1.29 is 19.4 Å². The van der Waals surface area contributed by atoms with E-state index < -0.39 is 0 Å². The number of rotatable bonds is 3. The Morgan fingerprint density at radius 1 is 1.05 bits per heavy atom. The monoisotopic (exact) mass is 292 g/mol. The molecule has 0 aliphatic carbocycles. The van der Waals surface area contributed by atoms with E-state index in [0.29, 0.717) is 23.2 Å². The van der Waals surface area contributed by atoms with Crippen molar-refractivity contribution in [2.75, 3.05) is 7.11 Å². The maximum Gasteiger partial charge on any atom is 0.150 e. The highest BCUT2D eigenvalue weighted by Gasteiger charge is 1.97. The molecule has 0 saturated heterocycles. The fourth-order valence-corrected chi connectivity index (χ4v) is 1.50. The van der Waals surface area contributed by atoms with E-state index in [4.69, 9.17) is 21.4 Å². The number of methoxy groups -OCH3 is 1. The number of halogens is 1. The molecule has 0 heterocycles. The Kier molecular flexibility index (Phi) is 6.26. The first kappa shape index (κ1) is 15.7. The lowest BCUT2D eigenvalue weighted by Crippen LogP contribution is -1.84. The number of carbonyl (C=O) groups is 2.